The Morgan fingerprint density at radius 2 is 2.00 bits per heavy atom. The molecule has 0 unspecified atom stereocenters. The molecule has 0 aliphatic carbocycles. The Kier molecular flexibility index (Phi) is 5.85. The summed E-state index contributed by atoms with van der Waals surface area (Å²) < 4.78 is 10.6. The number of hydrogen-bond acceptors (Lipinski definition) is 5. The van der Waals surface area contributed by atoms with Crippen LogP contribution in [0.2, 0.25) is 0 Å². The first kappa shape index (κ1) is 18.4. The zero-order valence-corrected chi connectivity index (χ0v) is 15.1. The van der Waals surface area contributed by atoms with Crippen LogP contribution in [0.1, 0.15) is 22.6 Å². The van der Waals surface area contributed by atoms with Gasteiger partial charge in [-0.15, -0.1) is 0 Å². The molecule has 0 saturated carbocycles. The molecule has 1 aliphatic rings. The molecule has 0 spiro atoms. The van der Waals surface area contributed by atoms with Crippen LogP contribution in [0, 0.1) is 5.92 Å². The van der Waals surface area contributed by atoms with Gasteiger partial charge in [-0.1, -0.05) is 6.07 Å². The van der Waals surface area contributed by atoms with Gasteiger partial charge in [0.2, 0.25) is 0 Å². The standard InChI is InChI=1S/C20H24N2O4/c1-25-13-16-9-14(3-4-19(16)26-2)10-22-11-17(18(12-22)20(23)24)15-5-7-21-8-6-15/h3-9,17-18H,10-13H2,1-2H3,(H,23,24)/t17-,18+/m0/s1. The zero-order valence-electron chi connectivity index (χ0n) is 15.1. The Balaban J connectivity index is 1.76. The van der Waals surface area contributed by atoms with Crippen LogP contribution in [0.25, 0.3) is 0 Å². The summed E-state index contributed by atoms with van der Waals surface area (Å²) in [4.78, 5) is 18.0. The highest BCUT2D eigenvalue weighted by atomic mass is 16.5. The first-order valence-electron chi connectivity index (χ1n) is 8.62. The quantitative estimate of drug-likeness (QED) is 0.822. The molecule has 0 bridgehead atoms. The largest absolute Gasteiger partial charge is 0.496 e. The van der Waals surface area contributed by atoms with Crippen LogP contribution < -0.4 is 4.74 Å². The molecular formula is C20H24N2O4. The number of rotatable bonds is 7. The van der Waals surface area contributed by atoms with Crippen LogP contribution in [-0.4, -0.2) is 48.3 Å². The van der Waals surface area contributed by atoms with Crippen LogP contribution in [0.5, 0.6) is 5.75 Å². The van der Waals surface area contributed by atoms with E-state index >= 15 is 0 Å². The van der Waals surface area contributed by atoms with Crippen molar-refractivity contribution >= 4 is 5.97 Å². The molecule has 1 fully saturated rings. The predicted octanol–water partition coefficient (Wildman–Crippen LogP) is 2.54. The summed E-state index contributed by atoms with van der Waals surface area (Å²) in [5.74, 6) is -0.375. The molecule has 1 aliphatic heterocycles. The van der Waals surface area contributed by atoms with E-state index in [0.717, 1.165) is 22.4 Å². The van der Waals surface area contributed by atoms with E-state index in [9.17, 15) is 9.90 Å². The lowest BCUT2D eigenvalue weighted by atomic mass is 9.90. The van der Waals surface area contributed by atoms with Crippen molar-refractivity contribution in [2.75, 3.05) is 27.3 Å². The highest BCUT2D eigenvalue weighted by Gasteiger charge is 2.38. The molecule has 138 valence electrons. The molecule has 0 amide bonds. The zero-order chi connectivity index (χ0) is 18.5. The molecule has 26 heavy (non-hydrogen) atoms. The fourth-order valence-electron chi connectivity index (χ4n) is 3.67. The number of ether oxygens (including phenoxy) is 2. The van der Waals surface area contributed by atoms with Gasteiger partial charge in [0.1, 0.15) is 5.75 Å². The molecule has 2 atom stereocenters. The van der Waals surface area contributed by atoms with E-state index in [1.165, 1.54) is 0 Å². The number of likely N-dealkylation sites (tertiary alicyclic amines) is 1. The minimum atomic E-state index is -0.746. The Labute approximate surface area is 153 Å². The van der Waals surface area contributed by atoms with Crippen molar-refractivity contribution in [1.29, 1.82) is 0 Å². The monoisotopic (exact) mass is 356 g/mol. The van der Waals surface area contributed by atoms with E-state index in [-0.39, 0.29) is 5.92 Å². The molecule has 1 N–H and O–H groups in total. The molecule has 0 radical (unpaired) electrons. The SMILES string of the molecule is COCc1cc(CN2C[C@@H](C(=O)O)[C@H](c3ccncc3)C2)ccc1OC. The second kappa shape index (κ2) is 8.29. The first-order valence-corrected chi connectivity index (χ1v) is 8.62. The second-order valence-corrected chi connectivity index (χ2v) is 6.61. The summed E-state index contributed by atoms with van der Waals surface area (Å²) in [6.07, 6.45) is 3.44. The Morgan fingerprint density at radius 3 is 2.65 bits per heavy atom. The minimum absolute atomic E-state index is 0.0211. The molecule has 2 heterocycles. The average molecular weight is 356 g/mol. The summed E-state index contributed by atoms with van der Waals surface area (Å²) in [6.45, 7) is 2.43. The van der Waals surface area contributed by atoms with Gasteiger partial charge in [0.15, 0.2) is 0 Å². The highest BCUT2D eigenvalue weighted by Crippen LogP contribution is 2.34. The average Bonchev–Trinajstić information content (AvgIpc) is 3.07. The van der Waals surface area contributed by atoms with Gasteiger partial charge in [0.25, 0.3) is 0 Å². The number of carboxylic acids is 1. The van der Waals surface area contributed by atoms with Gasteiger partial charge in [-0.05, 0) is 35.4 Å². The number of methoxy groups -OCH3 is 2. The molecule has 1 aromatic heterocycles. The Morgan fingerprint density at radius 1 is 1.23 bits per heavy atom. The number of nitrogens with zero attached hydrogens (tertiary/aromatic N) is 2. The van der Waals surface area contributed by atoms with Gasteiger partial charge >= 0.3 is 5.97 Å². The van der Waals surface area contributed by atoms with E-state index in [1.54, 1.807) is 26.6 Å². The maximum Gasteiger partial charge on any atom is 0.308 e. The molecule has 3 rings (SSSR count). The number of benzene rings is 1. The number of carboxylic acid groups (broad SMARTS) is 1. The van der Waals surface area contributed by atoms with Crippen molar-refractivity contribution in [2.24, 2.45) is 5.92 Å². The number of aromatic nitrogens is 1. The van der Waals surface area contributed by atoms with Crippen molar-refractivity contribution in [3.63, 3.8) is 0 Å². The van der Waals surface area contributed by atoms with Crippen LogP contribution in [-0.2, 0) is 22.7 Å². The van der Waals surface area contributed by atoms with Crippen molar-refractivity contribution in [3.8, 4) is 5.75 Å². The minimum Gasteiger partial charge on any atom is -0.496 e. The van der Waals surface area contributed by atoms with Gasteiger partial charge in [-0.3, -0.25) is 14.7 Å². The first-order chi connectivity index (χ1) is 12.6. The van der Waals surface area contributed by atoms with Crippen LogP contribution in [0.3, 0.4) is 0 Å². The van der Waals surface area contributed by atoms with Crippen LogP contribution in [0.15, 0.2) is 42.7 Å². The maximum absolute atomic E-state index is 11.7. The third-order valence-electron chi connectivity index (χ3n) is 4.90. The van der Waals surface area contributed by atoms with Gasteiger partial charge in [0.05, 0.1) is 19.6 Å². The third-order valence-corrected chi connectivity index (χ3v) is 4.90. The maximum atomic E-state index is 11.7. The van der Waals surface area contributed by atoms with Crippen molar-refractivity contribution in [2.45, 2.75) is 19.1 Å². The summed E-state index contributed by atoms with van der Waals surface area (Å²) in [6, 6.07) is 9.85. The smallest absolute Gasteiger partial charge is 0.308 e. The topological polar surface area (TPSA) is 71.9 Å². The lowest BCUT2D eigenvalue weighted by Crippen LogP contribution is -2.23. The number of pyridine rings is 1. The molecule has 1 saturated heterocycles. The number of carbonyl (C=O) groups is 1. The summed E-state index contributed by atoms with van der Waals surface area (Å²) >= 11 is 0. The van der Waals surface area contributed by atoms with Crippen LogP contribution in [0.4, 0.5) is 0 Å². The second-order valence-electron chi connectivity index (χ2n) is 6.61. The highest BCUT2D eigenvalue weighted by molar-refractivity contribution is 5.72. The molecule has 2 aromatic rings. The van der Waals surface area contributed by atoms with E-state index in [0.29, 0.717) is 26.2 Å². The van der Waals surface area contributed by atoms with Gasteiger partial charge in [-0.25, -0.2) is 0 Å². The third kappa shape index (κ3) is 4.03. The van der Waals surface area contributed by atoms with Gasteiger partial charge < -0.3 is 14.6 Å². The van der Waals surface area contributed by atoms with Crippen molar-refractivity contribution < 1.29 is 19.4 Å². The molecular weight excluding hydrogens is 332 g/mol. The fraction of sp³-hybridized carbons (Fsp3) is 0.400. The lowest BCUT2D eigenvalue weighted by Gasteiger charge is -2.17. The fourth-order valence-corrected chi connectivity index (χ4v) is 3.67. The molecule has 1 aromatic carbocycles. The molecule has 6 heteroatoms. The normalized spacial score (nSPS) is 20.2. The van der Waals surface area contributed by atoms with Gasteiger partial charge in [0, 0.05) is 50.6 Å². The van der Waals surface area contributed by atoms with E-state index in [4.69, 9.17) is 9.47 Å². The summed E-state index contributed by atoms with van der Waals surface area (Å²) in [7, 11) is 3.30. The summed E-state index contributed by atoms with van der Waals surface area (Å²) in [5.41, 5.74) is 3.15. The van der Waals surface area contributed by atoms with Crippen LogP contribution >= 0.6 is 0 Å². The Bertz CT molecular complexity index is 751. The number of hydrogen-bond donors (Lipinski definition) is 1. The molecule has 6 nitrogen and oxygen atoms in total. The van der Waals surface area contributed by atoms with E-state index < -0.39 is 11.9 Å². The van der Waals surface area contributed by atoms with Crippen molar-refractivity contribution in [1.82, 2.24) is 9.88 Å². The Hall–Kier alpha value is -2.44. The van der Waals surface area contributed by atoms with Gasteiger partial charge in [-0.2, -0.15) is 0 Å². The number of aliphatic carboxylic acids is 1. The lowest BCUT2D eigenvalue weighted by molar-refractivity contribution is -0.141. The summed E-state index contributed by atoms with van der Waals surface area (Å²) in [5, 5.41) is 9.64. The predicted molar refractivity (Wildman–Crippen MR) is 97.1 cm³/mol. The van der Waals surface area contributed by atoms with E-state index in [1.807, 2.05) is 24.3 Å². The van der Waals surface area contributed by atoms with Crippen molar-refractivity contribution in [3.05, 3.63) is 59.4 Å². The van der Waals surface area contributed by atoms with E-state index in [2.05, 4.69) is 16.0 Å².